The van der Waals surface area contributed by atoms with Crippen molar-refractivity contribution < 1.29 is 24.0 Å². The minimum atomic E-state index is -0.969. The van der Waals surface area contributed by atoms with Crippen molar-refractivity contribution in [1.82, 2.24) is 0 Å². The van der Waals surface area contributed by atoms with Crippen LogP contribution in [-0.4, -0.2) is 29.6 Å². The molecule has 1 saturated carbocycles. The van der Waals surface area contributed by atoms with E-state index in [4.69, 9.17) is 9.47 Å². The summed E-state index contributed by atoms with van der Waals surface area (Å²) in [6, 6.07) is 13.9. The number of rotatable bonds is 6. The number of nitro groups is 1. The molecule has 0 radical (unpaired) electrons. The number of ether oxygens (including phenoxy) is 2. The van der Waals surface area contributed by atoms with Gasteiger partial charge in [-0.05, 0) is 43.0 Å². The van der Waals surface area contributed by atoms with Crippen LogP contribution in [0.4, 0.5) is 10.5 Å². The van der Waals surface area contributed by atoms with Gasteiger partial charge in [0, 0.05) is 17.0 Å². The Labute approximate surface area is 191 Å². The average molecular weight is 450 g/mol. The van der Waals surface area contributed by atoms with E-state index >= 15 is 0 Å². The third-order valence-corrected chi connectivity index (χ3v) is 6.17. The first kappa shape index (κ1) is 22.5. The molecule has 0 spiro atoms. The second-order valence-electron chi connectivity index (χ2n) is 8.40. The van der Waals surface area contributed by atoms with Gasteiger partial charge in [-0.2, -0.15) is 0 Å². The number of fused-ring (bicyclic) bond motifs is 3. The van der Waals surface area contributed by atoms with E-state index in [0.29, 0.717) is 17.7 Å². The zero-order valence-corrected chi connectivity index (χ0v) is 18.6. The first-order chi connectivity index (χ1) is 15.9. The lowest BCUT2D eigenvalue weighted by molar-refractivity contribution is -0.531. The van der Waals surface area contributed by atoms with Gasteiger partial charge in [-0.25, -0.2) is 4.79 Å². The second-order valence-corrected chi connectivity index (χ2v) is 8.40. The summed E-state index contributed by atoms with van der Waals surface area (Å²) in [5.41, 5.74) is 3.82. The highest BCUT2D eigenvalue weighted by Gasteiger charge is 2.52. The van der Waals surface area contributed by atoms with Gasteiger partial charge in [0.15, 0.2) is 0 Å². The van der Waals surface area contributed by atoms with E-state index in [0.717, 1.165) is 16.7 Å². The third kappa shape index (κ3) is 4.60. The summed E-state index contributed by atoms with van der Waals surface area (Å²) in [5, 5.41) is 12.1. The van der Waals surface area contributed by atoms with Crippen LogP contribution in [0.2, 0.25) is 0 Å². The van der Waals surface area contributed by atoms with Crippen molar-refractivity contribution in [2.45, 2.75) is 45.3 Å². The molecule has 8 nitrogen and oxygen atoms in total. The Morgan fingerprint density at radius 3 is 2.61 bits per heavy atom. The maximum atomic E-state index is 13.0. The molecule has 0 aromatic heterocycles. The Morgan fingerprint density at radius 2 is 1.91 bits per heavy atom. The minimum absolute atomic E-state index is 0.0348. The highest BCUT2D eigenvalue weighted by molar-refractivity contribution is 5.92. The Kier molecular flexibility index (Phi) is 6.44. The number of nitrogens with zero attached hydrogens (tertiary/aromatic N) is 2. The Morgan fingerprint density at radius 1 is 1.15 bits per heavy atom. The monoisotopic (exact) mass is 450 g/mol. The predicted octanol–water partition coefficient (Wildman–Crippen LogP) is 4.74. The van der Waals surface area contributed by atoms with Gasteiger partial charge in [-0.3, -0.25) is 19.8 Å². The van der Waals surface area contributed by atoms with Crippen molar-refractivity contribution >= 4 is 17.7 Å². The van der Waals surface area contributed by atoms with Gasteiger partial charge in [0.25, 0.3) is 0 Å². The standard InChI is InChI=1S/C25H26N2O6/c1-3-32-22(28)13-18-12-19-14-26(25(29)33-15-17-7-5-4-6-8-17)21-10-9-16(2)11-20(21)23(19)24(18)27(30)31/h4-11,14,18,23-24H,3,12-13,15H2,1-2H3/t18-,23+,24+/m1/s1. The first-order valence-electron chi connectivity index (χ1n) is 11.0. The number of aryl methyl sites for hydroxylation is 1. The average Bonchev–Trinajstić information content (AvgIpc) is 3.16. The van der Waals surface area contributed by atoms with Gasteiger partial charge < -0.3 is 9.47 Å². The summed E-state index contributed by atoms with van der Waals surface area (Å²) in [4.78, 5) is 38.4. The number of anilines is 1. The lowest BCUT2D eigenvalue weighted by Crippen LogP contribution is -2.35. The van der Waals surface area contributed by atoms with E-state index in [9.17, 15) is 19.7 Å². The van der Waals surface area contributed by atoms with Crippen LogP contribution < -0.4 is 4.90 Å². The molecule has 33 heavy (non-hydrogen) atoms. The van der Waals surface area contributed by atoms with Crippen LogP contribution in [0.25, 0.3) is 0 Å². The zero-order chi connectivity index (χ0) is 23.5. The summed E-state index contributed by atoms with van der Waals surface area (Å²) >= 11 is 0. The van der Waals surface area contributed by atoms with Crippen molar-refractivity contribution in [2.75, 3.05) is 11.5 Å². The zero-order valence-electron chi connectivity index (χ0n) is 18.6. The Hall–Kier alpha value is -3.68. The summed E-state index contributed by atoms with van der Waals surface area (Å²) in [5.74, 6) is -1.46. The number of benzene rings is 2. The number of carbonyl (C=O) groups excluding carboxylic acids is 2. The van der Waals surface area contributed by atoms with Gasteiger partial charge in [0.2, 0.25) is 6.04 Å². The van der Waals surface area contributed by atoms with Crippen LogP contribution in [-0.2, 0) is 20.9 Å². The number of hydrogen-bond acceptors (Lipinski definition) is 6. The topological polar surface area (TPSA) is 99.0 Å². The molecule has 2 aromatic rings. The fourth-order valence-corrected chi connectivity index (χ4v) is 4.80. The smallest absolute Gasteiger partial charge is 0.418 e. The van der Waals surface area contributed by atoms with Gasteiger partial charge in [0.1, 0.15) is 6.61 Å². The molecular formula is C25H26N2O6. The van der Waals surface area contributed by atoms with Crippen LogP contribution in [0, 0.1) is 23.0 Å². The van der Waals surface area contributed by atoms with Crippen molar-refractivity contribution in [3.8, 4) is 0 Å². The van der Waals surface area contributed by atoms with Crippen molar-refractivity contribution in [3.63, 3.8) is 0 Å². The molecule has 1 heterocycles. The lowest BCUT2D eigenvalue weighted by Gasteiger charge is -2.30. The summed E-state index contributed by atoms with van der Waals surface area (Å²) in [6.45, 7) is 3.96. The van der Waals surface area contributed by atoms with Crippen LogP contribution in [0.15, 0.2) is 60.3 Å². The second kappa shape index (κ2) is 9.44. The molecule has 0 bridgehead atoms. The van der Waals surface area contributed by atoms with Crippen LogP contribution >= 0.6 is 0 Å². The molecule has 172 valence electrons. The highest BCUT2D eigenvalue weighted by atomic mass is 16.6. The van der Waals surface area contributed by atoms with E-state index in [1.165, 1.54) is 4.90 Å². The van der Waals surface area contributed by atoms with E-state index in [1.807, 2.05) is 49.4 Å². The quantitative estimate of drug-likeness (QED) is 0.358. The molecule has 8 heteroatoms. The SMILES string of the molecule is CCOC(=O)C[C@H]1CC2=CN(C(=O)OCc3ccccc3)c3ccc(C)cc3[C@H]2[C@H]1[N+](=O)[O-]. The van der Waals surface area contributed by atoms with Crippen LogP contribution in [0.1, 0.15) is 42.4 Å². The van der Waals surface area contributed by atoms with Gasteiger partial charge in [-0.15, -0.1) is 0 Å². The molecule has 4 rings (SSSR count). The van der Waals surface area contributed by atoms with Gasteiger partial charge >= 0.3 is 12.1 Å². The fraction of sp³-hybridized carbons (Fsp3) is 0.360. The van der Waals surface area contributed by atoms with E-state index < -0.39 is 29.9 Å². The third-order valence-electron chi connectivity index (χ3n) is 6.17. The van der Waals surface area contributed by atoms with Crippen molar-refractivity contribution in [3.05, 3.63) is 87.1 Å². The van der Waals surface area contributed by atoms with Gasteiger partial charge in [-0.1, -0.05) is 48.0 Å². The lowest BCUT2D eigenvalue weighted by atomic mass is 9.85. The number of amides is 1. The predicted molar refractivity (Wildman–Crippen MR) is 121 cm³/mol. The molecule has 3 atom stereocenters. The highest BCUT2D eigenvalue weighted by Crippen LogP contribution is 2.51. The number of hydrogen-bond donors (Lipinski definition) is 0. The molecule has 0 saturated heterocycles. The first-order valence-corrected chi connectivity index (χ1v) is 11.0. The molecule has 2 aliphatic rings. The largest absolute Gasteiger partial charge is 0.466 e. The van der Waals surface area contributed by atoms with Crippen LogP contribution in [0.3, 0.4) is 0 Å². The molecule has 1 aliphatic heterocycles. The normalized spacial score (nSPS) is 21.0. The maximum absolute atomic E-state index is 13.0. The molecule has 1 fully saturated rings. The summed E-state index contributed by atoms with van der Waals surface area (Å²) in [7, 11) is 0. The number of esters is 1. The van der Waals surface area contributed by atoms with Crippen LogP contribution in [0.5, 0.6) is 0 Å². The fourth-order valence-electron chi connectivity index (χ4n) is 4.80. The molecule has 1 amide bonds. The van der Waals surface area contributed by atoms with Crippen molar-refractivity contribution in [1.29, 1.82) is 0 Å². The van der Waals surface area contributed by atoms with Gasteiger partial charge in [0.05, 0.1) is 24.6 Å². The molecule has 1 aliphatic carbocycles. The number of carbonyl (C=O) groups is 2. The minimum Gasteiger partial charge on any atom is -0.466 e. The van der Waals surface area contributed by atoms with E-state index in [2.05, 4.69) is 0 Å². The summed E-state index contributed by atoms with van der Waals surface area (Å²) in [6.07, 6.45) is 1.40. The Bertz CT molecular complexity index is 1100. The molecule has 2 aromatic carbocycles. The van der Waals surface area contributed by atoms with Crippen molar-refractivity contribution in [2.24, 2.45) is 5.92 Å². The summed E-state index contributed by atoms with van der Waals surface area (Å²) < 4.78 is 10.6. The van der Waals surface area contributed by atoms with E-state index in [1.54, 1.807) is 19.2 Å². The molecular weight excluding hydrogens is 424 g/mol. The molecule has 0 N–H and O–H groups in total. The maximum Gasteiger partial charge on any atom is 0.418 e. The van der Waals surface area contributed by atoms with E-state index in [-0.39, 0.29) is 24.6 Å². The molecule has 0 unspecified atom stereocenters. The Balaban J connectivity index is 1.66.